The summed E-state index contributed by atoms with van der Waals surface area (Å²) in [6.07, 6.45) is 0. The highest BCUT2D eigenvalue weighted by Gasteiger charge is 2.22. The van der Waals surface area contributed by atoms with Crippen molar-refractivity contribution in [3.63, 3.8) is 0 Å². The van der Waals surface area contributed by atoms with E-state index in [9.17, 15) is 9.18 Å². The van der Waals surface area contributed by atoms with Crippen LogP contribution >= 0.6 is 11.8 Å². The van der Waals surface area contributed by atoms with Crippen LogP contribution in [-0.2, 0) is 5.75 Å². The second-order valence-electron chi connectivity index (χ2n) is 7.52. The van der Waals surface area contributed by atoms with Crippen LogP contribution in [-0.4, -0.2) is 45.1 Å². The molecule has 2 heterocycles. The van der Waals surface area contributed by atoms with Crippen LogP contribution in [0.1, 0.15) is 27.6 Å². The van der Waals surface area contributed by atoms with Gasteiger partial charge in [0, 0.05) is 28.9 Å². The number of rotatable bonds is 8. The van der Waals surface area contributed by atoms with Gasteiger partial charge in [-0.15, -0.1) is 5.10 Å². The Balaban J connectivity index is 1.66. The number of aryl methyl sites for hydroxylation is 2. The van der Waals surface area contributed by atoms with Crippen LogP contribution < -0.4 is 14.8 Å². The number of nitrogens with zero attached hydrogens (tertiary/aromatic N) is 5. The Kier molecular flexibility index (Phi) is 7.25. The van der Waals surface area contributed by atoms with Gasteiger partial charge in [-0.05, 0) is 56.3 Å². The number of aromatic nitrogens is 5. The zero-order valence-corrected chi connectivity index (χ0v) is 20.4. The van der Waals surface area contributed by atoms with Crippen molar-refractivity contribution in [2.45, 2.75) is 24.8 Å². The number of hydrogen-bond acceptors (Lipinski definition) is 8. The average Bonchev–Trinajstić information content (AvgIpc) is 3.26. The second-order valence-corrected chi connectivity index (χ2v) is 8.46. The number of methoxy groups -OCH3 is 2. The molecule has 1 amide bonds. The summed E-state index contributed by atoms with van der Waals surface area (Å²) < 4.78 is 25.6. The Bertz CT molecular complexity index is 1340. The topological polar surface area (TPSA) is 104 Å². The van der Waals surface area contributed by atoms with Crippen LogP contribution in [0.3, 0.4) is 0 Å². The first-order valence-electron chi connectivity index (χ1n) is 10.6. The van der Waals surface area contributed by atoms with E-state index in [0.717, 1.165) is 11.4 Å². The van der Waals surface area contributed by atoms with Gasteiger partial charge < -0.3 is 14.8 Å². The summed E-state index contributed by atoms with van der Waals surface area (Å²) in [6.45, 7) is 3.79. The van der Waals surface area contributed by atoms with Crippen LogP contribution in [0.5, 0.6) is 11.5 Å². The zero-order valence-electron chi connectivity index (χ0n) is 19.6. The third-order valence-corrected chi connectivity index (χ3v) is 5.85. The zero-order chi connectivity index (χ0) is 24.9. The molecule has 2 aromatic carbocycles. The van der Waals surface area contributed by atoms with E-state index in [0.29, 0.717) is 39.5 Å². The summed E-state index contributed by atoms with van der Waals surface area (Å²) >= 11 is 1.35. The molecule has 0 aliphatic carbocycles. The number of halogens is 1. The largest absolute Gasteiger partial charge is 0.493 e. The summed E-state index contributed by atoms with van der Waals surface area (Å²) in [7, 11) is 3.05. The summed E-state index contributed by atoms with van der Waals surface area (Å²) in [6, 6.07) is 12.7. The first kappa shape index (κ1) is 24.1. The molecule has 0 atom stereocenters. The number of nitrogens with one attached hydrogen (secondary N) is 1. The maximum atomic E-state index is 13.5. The number of carbonyl (C=O) groups excluding carboxylic acids is 1. The molecule has 4 aromatic rings. The lowest BCUT2D eigenvalue weighted by atomic mass is 10.2. The molecular formula is C24H23FN6O3S. The number of hydrogen-bond donors (Lipinski definition) is 1. The maximum Gasteiger partial charge on any atom is 0.278 e. The number of carbonyl (C=O) groups is 1. The van der Waals surface area contributed by atoms with Crippen LogP contribution in [0.4, 0.5) is 10.1 Å². The average molecular weight is 495 g/mol. The monoisotopic (exact) mass is 494 g/mol. The molecule has 180 valence electrons. The lowest BCUT2D eigenvalue weighted by molar-refractivity contribution is 0.102. The van der Waals surface area contributed by atoms with Gasteiger partial charge in [0.1, 0.15) is 5.82 Å². The summed E-state index contributed by atoms with van der Waals surface area (Å²) in [5.74, 6) is 0.491. The number of benzene rings is 2. The van der Waals surface area contributed by atoms with E-state index in [1.54, 1.807) is 30.3 Å². The fraction of sp³-hybridized carbons (Fsp3) is 0.208. The molecular weight excluding hydrogens is 471 g/mol. The molecule has 35 heavy (non-hydrogen) atoms. The van der Waals surface area contributed by atoms with Crippen molar-refractivity contribution in [1.82, 2.24) is 25.0 Å². The van der Waals surface area contributed by atoms with Crippen molar-refractivity contribution >= 4 is 23.4 Å². The minimum absolute atomic E-state index is 0.126. The first-order valence-corrected chi connectivity index (χ1v) is 11.6. The van der Waals surface area contributed by atoms with Gasteiger partial charge in [-0.2, -0.15) is 0 Å². The Morgan fingerprint density at radius 2 is 1.69 bits per heavy atom. The molecule has 4 rings (SSSR count). The highest BCUT2D eigenvalue weighted by atomic mass is 32.2. The summed E-state index contributed by atoms with van der Waals surface area (Å²) in [5.41, 5.74) is 3.40. The van der Waals surface area contributed by atoms with E-state index >= 15 is 0 Å². The quantitative estimate of drug-likeness (QED) is 0.284. The van der Waals surface area contributed by atoms with Gasteiger partial charge in [0.05, 0.1) is 25.6 Å². The van der Waals surface area contributed by atoms with Gasteiger partial charge in [-0.1, -0.05) is 17.0 Å². The Hall–Kier alpha value is -3.99. The molecule has 2 aromatic heterocycles. The molecule has 0 aliphatic heterocycles. The lowest BCUT2D eigenvalue weighted by Gasteiger charge is -2.11. The van der Waals surface area contributed by atoms with Gasteiger partial charge in [-0.25, -0.2) is 19.0 Å². The van der Waals surface area contributed by atoms with E-state index in [-0.39, 0.29) is 11.5 Å². The predicted molar refractivity (Wildman–Crippen MR) is 130 cm³/mol. The van der Waals surface area contributed by atoms with Crippen LogP contribution in [0.15, 0.2) is 53.7 Å². The molecule has 0 bridgehead atoms. The Morgan fingerprint density at radius 3 is 2.34 bits per heavy atom. The SMILES string of the molecule is COc1ccc(NC(=O)c2nnn(-c3ccc(F)cc3)c2CSc2nc(C)cc(C)n2)cc1OC. The van der Waals surface area contributed by atoms with Crippen LogP contribution in [0.25, 0.3) is 5.69 Å². The van der Waals surface area contributed by atoms with Crippen LogP contribution in [0.2, 0.25) is 0 Å². The van der Waals surface area contributed by atoms with Gasteiger partial charge >= 0.3 is 0 Å². The fourth-order valence-corrected chi connectivity index (χ4v) is 4.33. The van der Waals surface area contributed by atoms with Crippen molar-refractivity contribution in [3.8, 4) is 17.2 Å². The summed E-state index contributed by atoms with van der Waals surface area (Å²) in [5, 5.41) is 11.7. The molecule has 0 fully saturated rings. The number of anilines is 1. The van der Waals surface area contributed by atoms with E-state index in [1.807, 2.05) is 19.9 Å². The van der Waals surface area contributed by atoms with Crippen molar-refractivity contribution in [3.05, 3.63) is 77.1 Å². The molecule has 9 nitrogen and oxygen atoms in total. The maximum absolute atomic E-state index is 13.5. The minimum atomic E-state index is -0.456. The van der Waals surface area contributed by atoms with E-state index < -0.39 is 5.91 Å². The Morgan fingerprint density at radius 1 is 1.00 bits per heavy atom. The third kappa shape index (κ3) is 5.57. The highest BCUT2D eigenvalue weighted by Crippen LogP contribution is 2.30. The molecule has 0 saturated carbocycles. The van der Waals surface area contributed by atoms with E-state index in [1.165, 1.54) is 42.8 Å². The Labute approximate surface area is 205 Å². The molecule has 0 radical (unpaired) electrons. The lowest BCUT2D eigenvalue weighted by Crippen LogP contribution is -2.15. The van der Waals surface area contributed by atoms with Crippen molar-refractivity contribution in [2.75, 3.05) is 19.5 Å². The van der Waals surface area contributed by atoms with Crippen molar-refractivity contribution < 1.29 is 18.7 Å². The van der Waals surface area contributed by atoms with Gasteiger partial charge in [-0.3, -0.25) is 4.79 Å². The van der Waals surface area contributed by atoms with E-state index in [4.69, 9.17) is 9.47 Å². The normalized spacial score (nSPS) is 10.8. The fourth-order valence-electron chi connectivity index (χ4n) is 3.39. The minimum Gasteiger partial charge on any atom is -0.493 e. The molecule has 0 spiro atoms. The molecule has 0 unspecified atom stereocenters. The number of thioether (sulfide) groups is 1. The van der Waals surface area contributed by atoms with E-state index in [2.05, 4.69) is 25.6 Å². The van der Waals surface area contributed by atoms with Crippen molar-refractivity contribution in [1.29, 1.82) is 0 Å². The molecule has 11 heteroatoms. The van der Waals surface area contributed by atoms with Gasteiger partial charge in [0.15, 0.2) is 22.3 Å². The summed E-state index contributed by atoms with van der Waals surface area (Å²) in [4.78, 5) is 22.1. The van der Waals surface area contributed by atoms with Crippen LogP contribution in [0, 0.1) is 19.7 Å². The molecule has 1 N–H and O–H groups in total. The van der Waals surface area contributed by atoms with Crippen molar-refractivity contribution in [2.24, 2.45) is 0 Å². The number of ether oxygens (including phenoxy) is 2. The predicted octanol–water partition coefficient (Wildman–Crippen LogP) is 4.38. The molecule has 0 saturated heterocycles. The molecule has 0 aliphatic rings. The first-order chi connectivity index (χ1) is 16.9. The second kappa shape index (κ2) is 10.5. The van der Waals surface area contributed by atoms with Gasteiger partial charge in [0.2, 0.25) is 0 Å². The number of amides is 1. The standard InChI is InChI=1S/C24H23FN6O3S/c1-14-11-15(2)27-24(26-14)35-13-19-22(29-30-31(19)18-8-5-16(25)6-9-18)23(32)28-17-7-10-20(33-3)21(12-17)34-4/h5-12H,13H2,1-4H3,(H,28,32). The highest BCUT2D eigenvalue weighted by molar-refractivity contribution is 7.98. The van der Waals surface area contributed by atoms with Gasteiger partial charge in [0.25, 0.3) is 5.91 Å². The smallest absolute Gasteiger partial charge is 0.278 e. The third-order valence-electron chi connectivity index (χ3n) is 4.99.